The highest BCUT2D eigenvalue weighted by molar-refractivity contribution is 7.10. The van der Waals surface area contributed by atoms with Crippen molar-refractivity contribution in [2.24, 2.45) is 0 Å². The maximum absolute atomic E-state index is 12.1. The van der Waals surface area contributed by atoms with Gasteiger partial charge in [0.25, 0.3) is 0 Å². The third kappa shape index (κ3) is 3.52. The molecule has 0 spiro atoms. The first-order valence-corrected chi connectivity index (χ1v) is 8.23. The number of carbonyl (C=O) groups is 1. The van der Waals surface area contributed by atoms with Crippen molar-refractivity contribution in [2.75, 3.05) is 11.9 Å². The lowest BCUT2D eigenvalue weighted by Crippen LogP contribution is -2.40. The van der Waals surface area contributed by atoms with Crippen molar-refractivity contribution < 1.29 is 9.90 Å². The molecule has 0 aliphatic rings. The van der Waals surface area contributed by atoms with Crippen LogP contribution in [0.4, 0.5) is 10.5 Å². The van der Waals surface area contributed by atoms with Gasteiger partial charge in [0.2, 0.25) is 0 Å². The summed E-state index contributed by atoms with van der Waals surface area (Å²) in [6.45, 7) is 1.83. The van der Waals surface area contributed by atoms with Crippen LogP contribution in [0.15, 0.2) is 60.0 Å². The summed E-state index contributed by atoms with van der Waals surface area (Å²) in [5.41, 5.74) is -0.332. The number of amides is 2. The Morgan fingerprint density at radius 3 is 2.70 bits per heavy atom. The molecule has 3 rings (SSSR count). The molecule has 1 heterocycles. The van der Waals surface area contributed by atoms with E-state index in [1.165, 1.54) is 11.3 Å². The summed E-state index contributed by atoms with van der Waals surface area (Å²) in [5.74, 6) is 0. The van der Waals surface area contributed by atoms with E-state index in [0.717, 1.165) is 21.3 Å². The number of hydrogen-bond donors (Lipinski definition) is 3. The fraction of sp³-hybridized carbons (Fsp3) is 0.167. The van der Waals surface area contributed by atoms with Gasteiger partial charge < -0.3 is 15.7 Å². The first-order chi connectivity index (χ1) is 11.1. The summed E-state index contributed by atoms with van der Waals surface area (Å²) in [6.07, 6.45) is 0. The second-order valence-corrected chi connectivity index (χ2v) is 6.53. The minimum atomic E-state index is -1.08. The Labute approximate surface area is 138 Å². The summed E-state index contributed by atoms with van der Waals surface area (Å²) >= 11 is 1.47. The topological polar surface area (TPSA) is 61.4 Å². The SMILES string of the molecule is CC(O)(CNC(=O)Nc1cccc2ccccc12)c1cccs1. The molecule has 0 aliphatic carbocycles. The molecule has 23 heavy (non-hydrogen) atoms. The van der Waals surface area contributed by atoms with Crippen molar-refractivity contribution in [1.29, 1.82) is 0 Å². The predicted molar refractivity (Wildman–Crippen MR) is 94.9 cm³/mol. The first-order valence-electron chi connectivity index (χ1n) is 7.35. The van der Waals surface area contributed by atoms with Gasteiger partial charge in [0, 0.05) is 10.3 Å². The van der Waals surface area contributed by atoms with E-state index in [4.69, 9.17) is 0 Å². The monoisotopic (exact) mass is 326 g/mol. The van der Waals surface area contributed by atoms with Crippen LogP contribution in [0.2, 0.25) is 0 Å². The zero-order valence-electron chi connectivity index (χ0n) is 12.7. The summed E-state index contributed by atoms with van der Waals surface area (Å²) in [7, 11) is 0. The standard InChI is InChI=1S/C18H18N2O2S/c1-18(22,16-10-5-11-23-16)12-19-17(21)20-15-9-4-7-13-6-2-3-8-14(13)15/h2-11,22H,12H2,1H3,(H2,19,20,21). The molecule has 3 aromatic rings. The van der Waals surface area contributed by atoms with E-state index in [2.05, 4.69) is 10.6 Å². The van der Waals surface area contributed by atoms with E-state index in [-0.39, 0.29) is 12.6 Å². The molecular formula is C18H18N2O2S. The Morgan fingerprint density at radius 1 is 1.13 bits per heavy atom. The van der Waals surface area contributed by atoms with E-state index in [1.807, 2.05) is 60.0 Å². The number of thiophene rings is 1. The number of nitrogens with one attached hydrogen (secondary N) is 2. The van der Waals surface area contributed by atoms with Gasteiger partial charge in [-0.05, 0) is 29.8 Å². The zero-order valence-corrected chi connectivity index (χ0v) is 13.6. The lowest BCUT2D eigenvalue weighted by molar-refractivity contribution is 0.0637. The number of rotatable bonds is 4. The van der Waals surface area contributed by atoms with Crippen LogP contribution in [0.1, 0.15) is 11.8 Å². The predicted octanol–water partition coefficient (Wildman–Crippen LogP) is 3.93. The molecule has 1 unspecified atom stereocenters. The highest BCUT2D eigenvalue weighted by atomic mass is 32.1. The minimum absolute atomic E-state index is 0.143. The Morgan fingerprint density at radius 2 is 1.91 bits per heavy atom. The van der Waals surface area contributed by atoms with E-state index < -0.39 is 5.60 Å². The molecule has 0 aliphatic heterocycles. The van der Waals surface area contributed by atoms with Gasteiger partial charge in [-0.3, -0.25) is 0 Å². The fourth-order valence-electron chi connectivity index (χ4n) is 2.43. The lowest BCUT2D eigenvalue weighted by atomic mass is 10.1. The number of aliphatic hydroxyl groups is 1. The van der Waals surface area contributed by atoms with Crippen LogP contribution in [-0.2, 0) is 5.60 Å². The van der Waals surface area contributed by atoms with Crippen molar-refractivity contribution in [3.8, 4) is 0 Å². The van der Waals surface area contributed by atoms with Crippen LogP contribution in [0.25, 0.3) is 10.8 Å². The third-order valence-electron chi connectivity index (χ3n) is 3.68. The van der Waals surface area contributed by atoms with Crippen molar-refractivity contribution in [3.63, 3.8) is 0 Å². The maximum Gasteiger partial charge on any atom is 0.319 e. The van der Waals surface area contributed by atoms with Gasteiger partial charge in [0.1, 0.15) is 5.60 Å². The van der Waals surface area contributed by atoms with Crippen LogP contribution in [-0.4, -0.2) is 17.7 Å². The van der Waals surface area contributed by atoms with Gasteiger partial charge in [-0.2, -0.15) is 0 Å². The van der Waals surface area contributed by atoms with Crippen molar-refractivity contribution >= 4 is 33.8 Å². The molecule has 1 atom stereocenters. The second-order valence-electron chi connectivity index (χ2n) is 5.59. The Kier molecular flexibility index (Phi) is 4.32. The molecule has 118 valence electrons. The van der Waals surface area contributed by atoms with E-state index in [9.17, 15) is 9.90 Å². The molecule has 3 N–H and O–H groups in total. The van der Waals surface area contributed by atoms with E-state index >= 15 is 0 Å². The molecular weight excluding hydrogens is 308 g/mol. The Hall–Kier alpha value is -2.37. The number of anilines is 1. The van der Waals surface area contributed by atoms with Gasteiger partial charge in [-0.25, -0.2) is 4.79 Å². The first kappa shape index (κ1) is 15.5. The zero-order chi connectivity index (χ0) is 16.3. The second kappa shape index (κ2) is 6.40. The molecule has 0 saturated carbocycles. The average molecular weight is 326 g/mol. The average Bonchev–Trinajstić information content (AvgIpc) is 3.09. The number of hydrogen-bond acceptors (Lipinski definition) is 3. The van der Waals surface area contributed by atoms with Crippen molar-refractivity contribution in [1.82, 2.24) is 5.32 Å². The maximum atomic E-state index is 12.1. The van der Waals surface area contributed by atoms with Crippen LogP contribution in [0.3, 0.4) is 0 Å². The molecule has 0 saturated heterocycles. The van der Waals surface area contributed by atoms with Gasteiger partial charge in [-0.1, -0.05) is 42.5 Å². The molecule has 0 fully saturated rings. The smallest absolute Gasteiger partial charge is 0.319 e. The molecule has 1 aromatic heterocycles. The highest BCUT2D eigenvalue weighted by Crippen LogP contribution is 2.25. The van der Waals surface area contributed by atoms with Crippen molar-refractivity contribution in [2.45, 2.75) is 12.5 Å². The van der Waals surface area contributed by atoms with E-state index in [1.54, 1.807) is 6.92 Å². The molecule has 0 radical (unpaired) electrons. The van der Waals surface area contributed by atoms with Gasteiger partial charge in [0.15, 0.2) is 0 Å². The molecule has 0 bridgehead atoms. The molecule has 5 heteroatoms. The highest BCUT2D eigenvalue weighted by Gasteiger charge is 2.24. The summed E-state index contributed by atoms with van der Waals surface area (Å²) in [4.78, 5) is 13.0. The van der Waals surface area contributed by atoms with Crippen LogP contribution in [0.5, 0.6) is 0 Å². The third-order valence-corrected chi connectivity index (χ3v) is 4.81. The summed E-state index contributed by atoms with van der Waals surface area (Å²) in [5, 5.41) is 20.0. The van der Waals surface area contributed by atoms with Gasteiger partial charge in [-0.15, -0.1) is 11.3 Å². The Balaban J connectivity index is 1.67. The number of fused-ring (bicyclic) bond motifs is 1. The lowest BCUT2D eigenvalue weighted by Gasteiger charge is -2.22. The van der Waals surface area contributed by atoms with Gasteiger partial charge >= 0.3 is 6.03 Å². The normalized spacial score (nSPS) is 13.5. The van der Waals surface area contributed by atoms with Gasteiger partial charge in [0.05, 0.1) is 12.2 Å². The van der Waals surface area contributed by atoms with Crippen LogP contribution < -0.4 is 10.6 Å². The largest absolute Gasteiger partial charge is 0.383 e. The quantitative estimate of drug-likeness (QED) is 0.680. The summed E-state index contributed by atoms with van der Waals surface area (Å²) < 4.78 is 0. The number of carbonyl (C=O) groups excluding carboxylic acids is 1. The fourth-order valence-corrected chi connectivity index (χ4v) is 3.21. The number of benzene rings is 2. The minimum Gasteiger partial charge on any atom is -0.383 e. The summed E-state index contributed by atoms with van der Waals surface area (Å²) in [6, 6.07) is 17.0. The molecule has 2 amide bonds. The molecule has 4 nitrogen and oxygen atoms in total. The number of urea groups is 1. The Bertz CT molecular complexity index is 808. The molecule has 2 aromatic carbocycles. The van der Waals surface area contributed by atoms with Crippen molar-refractivity contribution in [3.05, 3.63) is 64.9 Å². The van der Waals surface area contributed by atoms with Crippen LogP contribution in [0, 0.1) is 0 Å². The van der Waals surface area contributed by atoms with E-state index in [0.29, 0.717) is 0 Å². The van der Waals surface area contributed by atoms with Crippen LogP contribution >= 0.6 is 11.3 Å².